The minimum atomic E-state index is -0.455. The first-order chi connectivity index (χ1) is 14.3. The molecule has 0 saturated heterocycles. The number of ether oxygens (including phenoxy) is 1. The first-order valence-electron chi connectivity index (χ1n) is 8.91. The van der Waals surface area contributed by atoms with Gasteiger partial charge in [0.2, 0.25) is 0 Å². The number of aromatic nitrogens is 2. The summed E-state index contributed by atoms with van der Waals surface area (Å²) < 4.78 is 5.38. The molecule has 5 N–H and O–H groups in total. The van der Waals surface area contributed by atoms with E-state index in [1.807, 2.05) is 32.0 Å². The molecule has 0 aliphatic carbocycles. The number of aryl methyl sites for hydroxylation is 2. The lowest BCUT2D eigenvalue weighted by atomic mass is 10.1. The summed E-state index contributed by atoms with van der Waals surface area (Å²) in [5, 5.41) is 3.97. The van der Waals surface area contributed by atoms with Crippen LogP contribution in [0.2, 0.25) is 10.0 Å². The molecule has 0 radical (unpaired) electrons. The molecule has 0 atom stereocenters. The minimum Gasteiger partial charge on any atom is -0.482 e. The van der Waals surface area contributed by atoms with Gasteiger partial charge in [0.1, 0.15) is 17.8 Å². The molecule has 1 amide bonds. The minimum absolute atomic E-state index is 0.246. The van der Waals surface area contributed by atoms with Crippen LogP contribution in [0.1, 0.15) is 11.1 Å². The molecule has 0 unspecified atom stereocenters. The zero-order valence-electron chi connectivity index (χ0n) is 16.3. The number of carbonyl (C=O) groups excluding carboxylic acids is 1. The van der Waals surface area contributed by atoms with Crippen LogP contribution in [-0.4, -0.2) is 22.5 Å². The number of nitrogen functional groups attached to an aromatic ring is 1. The number of halogens is 2. The molecule has 1 heterocycles. The van der Waals surface area contributed by atoms with Gasteiger partial charge in [-0.15, -0.1) is 0 Å². The number of nitrogens with zero attached hydrogens (tertiary/aromatic N) is 2. The van der Waals surface area contributed by atoms with Crippen LogP contribution >= 0.6 is 23.2 Å². The number of rotatable bonds is 7. The Bertz CT molecular complexity index is 1080. The second-order valence-corrected chi connectivity index (χ2v) is 7.31. The van der Waals surface area contributed by atoms with Crippen LogP contribution < -0.4 is 26.6 Å². The molecule has 0 fully saturated rings. The molecule has 3 aromatic rings. The van der Waals surface area contributed by atoms with Crippen molar-refractivity contribution in [2.24, 2.45) is 0 Å². The standard InChI is InChI=1S/C20H20Cl2N6O2/c1-11-3-4-12(2)15(7-11)26-19-18(23)20(25-10-24-19)28-27-17(29)9-30-16-6-5-13(21)8-14(16)22/h3-8,10H,9,23H2,1-2H3,(H,27,29)(H2,24,25,26,28). The van der Waals surface area contributed by atoms with Gasteiger partial charge in [-0.2, -0.15) is 0 Å². The maximum absolute atomic E-state index is 12.1. The fraction of sp³-hybridized carbons (Fsp3) is 0.150. The average Bonchev–Trinajstić information content (AvgIpc) is 2.70. The normalized spacial score (nSPS) is 10.4. The number of hydrogen-bond donors (Lipinski definition) is 4. The largest absolute Gasteiger partial charge is 0.482 e. The molecule has 3 rings (SSSR count). The number of hydrogen-bond acceptors (Lipinski definition) is 7. The highest BCUT2D eigenvalue weighted by molar-refractivity contribution is 6.35. The summed E-state index contributed by atoms with van der Waals surface area (Å²) in [5.74, 6) is 0.552. The monoisotopic (exact) mass is 446 g/mol. The number of amides is 1. The Morgan fingerprint density at radius 1 is 1.10 bits per heavy atom. The zero-order valence-corrected chi connectivity index (χ0v) is 17.8. The molecule has 30 heavy (non-hydrogen) atoms. The summed E-state index contributed by atoms with van der Waals surface area (Å²) in [6.07, 6.45) is 1.34. The maximum Gasteiger partial charge on any atom is 0.276 e. The Hall–Kier alpha value is -3.23. The van der Waals surface area contributed by atoms with Crippen molar-refractivity contribution in [3.05, 3.63) is 63.9 Å². The van der Waals surface area contributed by atoms with E-state index in [0.29, 0.717) is 21.6 Å². The molecule has 0 aliphatic rings. The highest BCUT2D eigenvalue weighted by atomic mass is 35.5. The van der Waals surface area contributed by atoms with Gasteiger partial charge in [-0.1, -0.05) is 35.3 Å². The van der Waals surface area contributed by atoms with Crippen molar-refractivity contribution in [1.82, 2.24) is 15.4 Å². The molecule has 156 valence electrons. The molecule has 8 nitrogen and oxygen atoms in total. The van der Waals surface area contributed by atoms with Gasteiger partial charge >= 0.3 is 0 Å². The van der Waals surface area contributed by atoms with Gasteiger partial charge in [-0.05, 0) is 49.2 Å². The quantitative estimate of drug-likeness (QED) is 0.401. The van der Waals surface area contributed by atoms with Crippen molar-refractivity contribution in [3.63, 3.8) is 0 Å². The van der Waals surface area contributed by atoms with Crippen molar-refractivity contribution in [3.8, 4) is 5.75 Å². The van der Waals surface area contributed by atoms with Crippen molar-refractivity contribution in [2.75, 3.05) is 23.1 Å². The van der Waals surface area contributed by atoms with Crippen molar-refractivity contribution in [1.29, 1.82) is 0 Å². The second-order valence-electron chi connectivity index (χ2n) is 6.46. The Morgan fingerprint density at radius 3 is 2.63 bits per heavy atom. The van der Waals surface area contributed by atoms with Crippen LogP contribution in [0.3, 0.4) is 0 Å². The predicted molar refractivity (Wildman–Crippen MR) is 119 cm³/mol. The highest BCUT2D eigenvalue weighted by Crippen LogP contribution is 2.28. The van der Waals surface area contributed by atoms with Crippen LogP contribution in [0.25, 0.3) is 0 Å². The topological polar surface area (TPSA) is 114 Å². The molecule has 0 aliphatic heterocycles. The molecule has 0 bridgehead atoms. The molecule has 0 saturated carbocycles. The summed E-state index contributed by atoms with van der Waals surface area (Å²) in [5.41, 5.74) is 14.6. The highest BCUT2D eigenvalue weighted by Gasteiger charge is 2.11. The van der Waals surface area contributed by atoms with Gasteiger partial charge in [0.05, 0.1) is 5.02 Å². The lowest BCUT2D eigenvalue weighted by Crippen LogP contribution is -2.34. The number of hydrazine groups is 1. The number of nitrogens with one attached hydrogen (secondary N) is 3. The van der Waals surface area contributed by atoms with Gasteiger partial charge < -0.3 is 15.8 Å². The number of carbonyl (C=O) groups is 1. The van der Waals surface area contributed by atoms with Crippen LogP contribution in [0, 0.1) is 13.8 Å². The lowest BCUT2D eigenvalue weighted by molar-refractivity contribution is -0.122. The Morgan fingerprint density at radius 2 is 1.87 bits per heavy atom. The van der Waals surface area contributed by atoms with Crippen LogP contribution in [0.5, 0.6) is 5.75 Å². The summed E-state index contributed by atoms with van der Waals surface area (Å²) in [7, 11) is 0. The number of benzene rings is 2. The van der Waals surface area contributed by atoms with E-state index in [1.165, 1.54) is 12.4 Å². The van der Waals surface area contributed by atoms with Crippen molar-refractivity contribution >= 4 is 52.1 Å². The van der Waals surface area contributed by atoms with Crippen molar-refractivity contribution < 1.29 is 9.53 Å². The van der Waals surface area contributed by atoms with Gasteiger partial charge in [0.15, 0.2) is 18.2 Å². The molecule has 0 spiro atoms. The molecule has 1 aromatic heterocycles. The summed E-state index contributed by atoms with van der Waals surface area (Å²) in [6.45, 7) is 3.70. The third kappa shape index (κ3) is 5.43. The van der Waals surface area contributed by atoms with Crippen LogP contribution in [0.4, 0.5) is 23.0 Å². The molecule has 10 heteroatoms. The molecular formula is C20H20Cl2N6O2. The van der Waals surface area contributed by atoms with E-state index in [9.17, 15) is 4.79 Å². The number of anilines is 4. The fourth-order valence-corrected chi connectivity index (χ4v) is 2.96. The smallest absolute Gasteiger partial charge is 0.276 e. The first-order valence-corrected chi connectivity index (χ1v) is 9.66. The Kier molecular flexibility index (Phi) is 6.81. The van der Waals surface area contributed by atoms with E-state index >= 15 is 0 Å². The summed E-state index contributed by atoms with van der Waals surface area (Å²) >= 11 is 11.8. The van der Waals surface area contributed by atoms with Gasteiger partial charge in [0, 0.05) is 10.7 Å². The van der Waals surface area contributed by atoms with Gasteiger partial charge in [-0.25, -0.2) is 9.97 Å². The number of nitrogens with two attached hydrogens (primary N) is 1. The average molecular weight is 447 g/mol. The van der Waals surface area contributed by atoms with E-state index in [-0.39, 0.29) is 18.1 Å². The lowest BCUT2D eigenvalue weighted by Gasteiger charge is -2.15. The van der Waals surface area contributed by atoms with E-state index in [2.05, 4.69) is 26.1 Å². The van der Waals surface area contributed by atoms with Gasteiger partial charge in [-0.3, -0.25) is 15.6 Å². The zero-order chi connectivity index (χ0) is 21.7. The Labute approximate surface area is 183 Å². The molecular weight excluding hydrogens is 427 g/mol. The SMILES string of the molecule is Cc1ccc(C)c(Nc2ncnc(NNC(=O)COc3ccc(Cl)cc3Cl)c2N)c1. The summed E-state index contributed by atoms with van der Waals surface area (Å²) in [6, 6.07) is 10.7. The van der Waals surface area contributed by atoms with E-state index in [0.717, 1.165) is 16.8 Å². The molecule has 2 aromatic carbocycles. The second kappa shape index (κ2) is 9.51. The first kappa shape index (κ1) is 21.5. The third-order valence-corrected chi connectivity index (χ3v) is 4.63. The Balaban J connectivity index is 1.61. The van der Waals surface area contributed by atoms with E-state index < -0.39 is 5.91 Å². The van der Waals surface area contributed by atoms with E-state index in [1.54, 1.807) is 12.1 Å². The predicted octanol–water partition coefficient (Wildman–Crippen LogP) is 4.25. The fourth-order valence-electron chi connectivity index (χ4n) is 2.49. The van der Waals surface area contributed by atoms with Crippen LogP contribution in [0.15, 0.2) is 42.7 Å². The van der Waals surface area contributed by atoms with Gasteiger partial charge in [0.25, 0.3) is 5.91 Å². The van der Waals surface area contributed by atoms with Crippen LogP contribution in [-0.2, 0) is 4.79 Å². The third-order valence-electron chi connectivity index (χ3n) is 4.10. The van der Waals surface area contributed by atoms with Crippen molar-refractivity contribution in [2.45, 2.75) is 13.8 Å². The van der Waals surface area contributed by atoms with E-state index in [4.69, 9.17) is 33.7 Å². The summed E-state index contributed by atoms with van der Waals surface area (Å²) in [4.78, 5) is 20.3. The maximum atomic E-state index is 12.1.